The SMILES string of the molecule is CCC(C)(C)Cc1cccc2[nH]ccc12. The number of fused-ring (bicyclic) bond motifs is 1. The van der Waals surface area contributed by atoms with Gasteiger partial charge in [0.1, 0.15) is 0 Å². The van der Waals surface area contributed by atoms with Crippen molar-refractivity contribution >= 4 is 10.9 Å². The van der Waals surface area contributed by atoms with Gasteiger partial charge in [0.15, 0.2) is 0 Å². The van der Waals surface area contributed by atoms with Gasteiger partial charge < -0.3 is 4.98 Å². The topological polar surface area (TPSA) is 15.8 Å². The Morgan fingerprint density at radius 1 is 1.20 bits per heavy atom. The summed E-state index contributed by atoms with van der Waals surface area (Å²) in [5.41, 5.74) is 3.10. The van der Waals surface area contributed by atoms with Gasteiger partial charge in [0.05, 0.1) is 0 Å². The summed E-state index contributed by atoms with van der Waals surface area (Å²) in [7, 11) is 0. The molecule has 1 N–H and O–H groups in total. The minimum atomic E-state index is 0.394. The fourth-order valence-electron chi connectivity index (χ4n) is 1.95. The monoisotopic (exact) mass is 201 g/mol. The second-order valence-electron chi connectivity index (χ2n) is 5.05. The van der Waals surface area contributed by atoms with E-state index in [1.807, 2.05) is 6.20 Å². The predicted octanol–water partition coefficient (Wildman–Crippen LogP) is 4.15. The van der Waals surface area contributed by atoms with Crippen LogP contribution < -0.4 is 0 Å². The van der Waals surface area contributed by atoms with E-state index in [1.165, 1.54) is 22.9 Å². The maximum atomic E-state index is 3.26. The van der Waals surface area contributed by atoms with Gasteiger partial charge in [-0.25, -0.2) is 0 Å². The van der Waals surface area contributed by atoms with Crippen molar-refractivity contribution in [3.63, 3.8) is 0 Å². The van der Waals surface area contributed by atoms with E-state index < -0.39 is 0 Å². The van der Waals surface area contributed by atoms with Gasteiger partial charge in [0, 0.05) is 17.1 Å². The zero-order valence-corrected chi connectivity index (χ0v) is 9.80. The molecule has 0 saturated carbocycles. The molecule has 80 valence electrons. The van der Waals surface area contributed by atoms with Gasteiger partial charge in [0.25, 0.3) is 0 Å². The molecule has 2 aromatic rings. The van der Waals surface area contributed by atoms with Gasteiger partial charge in [-0.05, 0) is 29.5 Å². The number of aromatic amines is 1. The Kier molecular flexibility index (Phi) is 2.56. The normalized spacial score (nSPS) is 12.2. The average molecular weight is 201 g/mol. The van der Waals surface area contributed by atoms with Gasteiger partial charge in [-0.2, -0.15) is 0 Å². The summed E-state index contributed by atoms with van der Waals surface area (Å²) in [6.45, 7) is 6.92. The molecule has 15 heavy (non-hydrogen) atoms. The lowest BCUT2D eigenvalue weighted by Gasteiger charge is -2.22. The quantitative estimate of drug-likeness (QED) is 0.768. The molecule has 0 atom stereocenters. The van der Waals surface area contributed by atoms with E-state index in [4.69, 9.17) is 0 Å². The van der Waals surface area contributed by atoms with Crippen LogP contribution in [0, 0.1) is 5.41 Å². The zero-order valence-electron chi connectivity index (χ0n) is 9.80. The lowest BCUT2D eigenvalue weighted by molar-refractivity contribution is 0.350. The fraction of sp³-hybridized carbons (Fsp3) is 0.429. The molecule has 1 heterocycles. The first-order chi connectivity index (χ1) is 7.12. The largest absolute Gasteiger partial charge is 0.361 e. The highest BCUT2D eigenvalue weighted by Crippen LogP contribution is 2.29. The summed E-state index contributed by atoms with van der Waals surface area (Å²) < 4.78 is 0. The highest BCUT2D eigenvalue weighted by atomic mass is 14.7. The highest BCUT2D eigenvalue weighted by Gasteiger charge is 2.17. The van der Waals surface area contributed by atoms with Gasteiger partial charge in [-0.1, -0.05) is 39.3 Å². The molecule has 0 bridgehead atoms. The summed E-state index contributed by atoms with van der Waals surface area (Å²) in [5, 5.41) is 1.37. The van der Waals surface area contributed by atoms with E-state index in [9.17, 15) is 0 Å². The van der Waals surface area contributed by atoms with Gasteiger partial charge in [-0.15, -0.1) is 0 Å². The number of rotatable bonds is 3. The van der Waals surface area contributed by atoms with Crippen LogP contribution in [0.5, 0.6) is 0 Å². The van der Waals surface area contributed by atoms with Crippen molar-refractivity contribution in [3.05, 3.63) is 36.0 Å². The maximum absolute atomic E-state index is 3.26. The molecular formula is C14H19N. The van der Waals surface area contributed by atoms with E-state index in [1.54, 1.807) is 0 Å². The second-order valence-corrected chi connectivity index (χ2v) is 5.05. The lowest BCUT2D eigenvalue weighted by Crippen LogP contribution is -2.13. The molecule has 2 rings (SSSR count). The van der Waals surface area contributed by atoms with Crippen molar-refractivity contribution in [2.45, 2.75) is 33.6 Å². The Hall–Kier alpha value is -1.24. The summed E-state index contributed by atoms with van der Waals surface area (Å²) in [6, 6.07) is 8.70. The van der Waals surface area contributed by atoms with E-state index in [0.717, 1.165) is 6.42 Å². The number of hydrogen-bond acceptors (Lipinski definition) is 0. The van der Waals surface area contributed by atoms with Crippen LogP contribution in [-0.4, -0.2) is 4.98 Å². The summed E-state index contributed by atoms with van der Waals surface area (Å²) in [5.74, 6) is 0. The minimum absolute atomic E-state index is 0.394. The van der Waals surface area contributed by atoms with Gasteiger partial charge >= 0.3 is 0 Å². The van der Waals surface area contributed by atoms with Crippen molar-refractivity contribution in [2.24, 2.45) is 5.41 Å². The van der Waals surface area contributed by atoms with Crippen LogP contribution >= 0.6 is 0 Å². The maximum Gasteiger partial charge on any atom is 0.0456 e. The van der Waals surface area contributed by atoms with Crippen molar-refractivity contribution in [1.29, 1.82) is 0 Å². The molecule has 1 aromatic carbocycles. The van der Waals surface area contributed by atoms with E-state index in [0.29, 0.717) is 5.41 Å². The van der Waals surface area contributed by atoms with Crippen LogP contribution in [0.2, 0.25) is 0 Å². The molecule has 0 aliphatic carbocycles. The van der Waals surface area contributed by atoms with Crippen molar-refractivity contribution < 1.29 is 0 Å². The summed E-state index contributed by atoms with van der Waals surface area (Å²) in [6.07, 6.45) is 4.39. The first kappa shape index (κ1) is 10.3. The Labute approximate surface area is 91.5 Å². The molecule has 0 fully saturated rings. The molecule has 0 saturated heterocycles. The molecule has 0 radical (unpaired) electrons. The van der Waals surface area contributed by atoms with E-state index in [2.05, 4.69) is 50.0 Å². The van der Waals surface area contributed by atoms with Crippen molar-refractivity contribution in [3.8, 4) is 0 Å². The Morgan fingerprint density at radius 3 is 2.73 bits per heavy atom. The Morgan fingerprint density at radius 2 is 2.00 bits per heavy atom. The summed E-state index contributed by atoms with van der Waals surface area (Å²) >= 11 is 0. The minimum Gasteiger partial charge on any atom is -0.361 e. The van der Waals surface area contributed by atoms with Crippen LogP contribution in [0.15, 0.2) is 30.5 Å². The molecule has 0 aliphatic heterocycles. The second kappa shape index (κ2) is 3.73. The van der Waals surface area contributed by atoms with Crippen LogP contribution in [-0.2, 0) is 6.42 Å². The summed E-state index contributed by atoms with van der Waals surface area (Å²) in [4.78, 5) is 3.26. The highest BCUT2D eigenvalue weighted by molar-refractivity contribution is 5.82. The standard InChI is InChI=1S/C14H19N/c1-4-14(2,3)10-11-6-5-7-13-12(11)8-9-15-13/h5-9,15H,4,10H2,1-3H3. The smallest absolute Gasteiger partial charge is 0.0456 e. The Bertz CT molecular complexity index is 451. The molecule has 0 amide bonds. The third kappa shape index (κ3) is 2.06. The third-order valence-corrected chi connectivity index (χ3v) is 3.31. The van der Waals surface area contributed by atoms with Crippen molar-refractivity contribution in [1.82, 2.24) is 4.98 Å². The molecule has 0 spiro atoms. The van der Waals surface area contributed by atoms with Crippen LogP contribution in [0.1, 0.15) is 32.8 Å². The van der Waals surface area contributed by atoms with Gasteiger partial charge in [0.2, 0.25) is 0 Å². The zero-order chi connectivity index (χ0) is 10.9. The number of benzene rings is 1. The molecule has 0 aliphatic rings. The molecular weight excluding hydrogens is 182 g/mol. The number of nitrogens with one attached hydrogen (secondary N) is 1. The van der Waals surface area contributed by atoms with Gasteiger partial charge in [-0.3, -0.25) is 0 Å². The third-order valence-electron chi connectivity index (χ3n) is 3.31. The lowest BCUT2D eigenvalue weighted by atomic mass is 9.82. The number of hydrogen-bond donors (Lipinski definition) is 1. The molecule has 1 aromatic heterocycles. The first-order valence-electron chi connectivity index (χ1n) is 5.67. The Balaban J connectivity index is 2.39. The predicted molar refractivity (Wildman–Crippen MR) is 66.1 cm³/mol. The van der Waals surface area contributed by atoms with E-state index >= 15 is 0 Å². The van der Waals surface area contributed by atoms with E-state index in [-0.39, 0.29) is 0 Å². The average Bonchev–Trinajstić information content (AvgIpc) is 2.66. The van der Waals surface area contributed by atoms with Crippen LogP contribution in [0.3, 0.4) is 0 Å². The first-order valence-corrected chi connectivity index (χ1v) is 5.67. The number of H-pyrrole nitrogens is 1. The fourth-order valence-corrected chi connectivity index (χ4v) is 1.95. The number of aromatic nitrogens is 1. The van der Waals surface area contributed by atoms with Crippen molar-refractivity contribution in [2.75, 3.05) is 0 Å². The molecule has 1 heteroatoms. The van der Waals surface area contributed by atoms with Crippen LogP contribution in [0.4, 0.5) is 0 Å². The molecule has 0 unspecified atom stereocenters. The van der Waals surface area contributed by atoms with Crippen LogP contribution in [0.25, 0.3) is 10.9 Å². The molecule has 1 nitrogen and oxygen atoms in total.